The van der Waals surface area contributed by atoms with Crippen molar-refractivity contribution in [3.8, 4) is 57.4 Å². The van der Waals surface area contributed by atoms with Crippen molar-refractivity contribution < 1.29 is 47.1 Å². The van der Waals surface area contributed by atoms with E-state index in [4.69, 9.17) is 24.2 Å². The second kappa shape index (κ2) is 36.8. The fraction of sp³-hybridized carbons (Fsp3) is 0.0918. The van der Waals surface area contributed by atoms with E-state index in [1.54, 1.807) is 107 Å². The number of nitrogens with one attached hydrogen (secondary N) is 1. The second-order valence-electron chi connectivity index (χ2n) is 27.8. The molecular weight excluding hydrogens is 1550 g/mol. The van der Waals surface area contributed by atoms with E-state index in [0.29, 0.717) is 80.1 Å². The van der Waals surface area contributed by atoms with E-state index in [0.717, 1.165) is 78.2 Å². The number of pyridine rings is 1. The van der Waals surface area contributed by atoms with Crippen molar-refractivity contribution in [2.24, 2.45) is 0 Å². The lowest BCUT2D eigenvalue weighted by atomic mass is 10.1. The van der Waals surface area contributed by atoms with Gasteiger partial charge in [0.25, 0.3) is 28.1 Å². The zero-order valence-corrected chi connectivity index (χ0v) is 66.9. The molecular formula is C98H78F4N10O10. The van der Waals surface area contributed by atoms with Crippen LogP contribution in [0, 0.1) is 51.0 Å². The van der Waals surface area contributed by atoms with E-state index < -0.39 is 45.8 Å². The Morgan fingerprint density at radius 3 is 1.19 bits per heavy atom. The Balaban J connectivity index is 0.000000133. The highest BCUT2D eigenvalue weighted by atomic mass is 19.1. The van der Waals surface area contributed by atoms with E-state index >= 15 is 0 Å². The summed E-state index contributed by atoms with van der Waals surface area (Å²) in [6.07, 6.45) is 14.6. The zero-order valence-electron chi connectivity index (χ0n) is 66.9. The van der Waals surface area contributed by atoms with E-state index in [2.05, 4.69) is 45.1 Å². The first-order chi connectivity index (χ1) is 59.1. The Labute approximate surface area is 695 Å². The predicted molar refractivity (Wildman–Crippen MR) is 473 cm³/mol. The summed E-state index contributed by atoms with van der Waals surface area (Å²) < 4.78 is 79.0. The van der Waals surface area contributed by atoms with Gasteiger partial charge in [0.2, 0.25) is 0 Å². The van der Waals surface area contributed by atoms with Gasteiger partial charge in [-0.3, -0.25) is 37.4 Å². The number of phenolic OH excluding ortho intramolecular Hbond substituents is 2. The first-order valence-corrected chi connectivity index (χ1v) is 38.7. The topological polar surface area (TPSA) is 257 Å². The molecule has 20 nitrogen and oxygen atoms in total. The summed E-state index contributed by atoms with van der Waals surface area (Å²) in [7, 11) is 1.42. The highest BCUT2D eigenvalue weighted by molar-refractivity contribution is 5.92. The number of aryl methyl sites for hydroxylation is 4. The standard InChI is InChI=1S/C27H23N3O.C25H22N2O3.C23H17F2N3O3.C23H16F2N2O3/c1-17-8-6-9-18(2)26(17)30-24(29-23-13-5-4-12-22(23)27(30)31)15-14-20-10-7-11-21-16-19(3)28-25(20)21;1-3-30-22-14-8-10-18(24(22)28)15-16-23-26-20-12-6-5-11-19(20)25(29)27(23)21-13-7-4-9-17(21)2;1-2-31-22-21(29)14(12-13-26-22)10-11-19-27-18-9-4-3-6-15(18)23(30)28(19)20-16(24)7-5-8-17(20)25;1-30-19-11-4-6-14(22(19)28)12-13-20-26-18-10-3-2-7-15(18)23(29)27(20)21-16(24)8-5-9-17(21)25/h4-16,28H,1-3H3;4-16,28H,3H2,1-2H3;3-13,29H,2H2,1H3;2-13,28H,1H3/b15-14+;16-15+;11-10+;13-12+. The molecule has 0 aliphatic heterocycles. The molecule has 0 saturated carbocycles. The molecule has 0 atom stereocenters. The number of phenols is 2. The number of halogens is 4. The molecule has 0 aliphatic rings. The molecule has 0 aliphatic carbocycles. The van der Waals surface area contributed by atoms with Gasteiger partial charge in [-0.15, -0.1) is 0 Å². The van der Waals surface area contributed by atoms with Crippen molar-refractivity contribution in [1.29, 1.82) is 0 Å². The van der Waals surface area contributed by atoms with Crippen LogP contribution >= 0.6 is 0 Å². The van der Waals surface area contributed by atoms with Gasteiger partial charge in [-0.05, 0) is 216 Å². The molecule has 6 heterocycles. The molecule has 0 saturated heterocycles. The number of aromatic hydroxyl groups is 3. The molecule has 0 amide bonds. The quantitative estimate of drug-likeness (QED) is 0.0618. The van der Waals surface area contributed by atoms with Gasteiger partial charge in [-0.25, -0.2) is 42.5 Å². The number of methoxy groups -OCH3 is 1. The molecule has 122 heavy (non-hydrogen) atoms. The molecule has 24 heteroatoms. The Morgan fingerprint density at radius 2 is 0.730 bits per heavy atom. The van der Waals surface area contributed by atoms with Crippen molar-refractivity contribution in [2.75, 3.05) is 20.3 Å². The maximum absolute atomic E-state index is 14.5. The van der Waals surface area contributed by atoms with Gasteiger partial charge in [0.05, 0.1) is 80.8 Å². The Morgan fingerprint density at radius 1 is 0.369 bits per heavy atom. The van der Waals surface area contributed by atoms with E-state index in [1.807, 2.05) is 137 Å². The third kappa shape index (κ3) is 17.3. The number of H-pyrrole nitrogens is 1. The Kier molecular flexibility index (Phi) is 24.9. The summed E-state index contributed by atoms with van der Waals surface area (Å²) in [6.45, 7) is 12.5. The monoisotopic (exact) mass is 1630 g/mol. The van der Waals surface area contributed by atoms with Gasteiger partial charge in [0.15, 0.2) is 28.7 Å². The molecule has 0 fully saturated rings. The van der Waals surface area contributed by atoms with Crippen LogP contribution in [0.25, 0.3) is 126 Å². The third-order valence-electron chi connectivity index (χ3n) is 19.8. The van der Waals surface area contributed by atoms with Crippen molar-refractivity contribution in [3.63, 3.8) is 0 Å². The van der Waals surface area contributed by atoms with Gasteiger partial charge in [-0.1, -0.05) is 140 Å². The summed E-state index contributed by atoms with van der Waals surface area (Å²) in [6, 6.07) is 68.4. The molecule has 17 rings (SSSR count). The number of hydrogen-bond acceptors (Lipinski definition) is 15. The number of hydrogen-bond donors (Lipinski definition) is 4. The first kappa shape index (κ1) is 82.7. The Bertz CT molecular complexity index is 7210. The highest BCUT2D eigenvalue weighted by Crippen LogP contribution is 2.35. The number of aromatic nitrogens is 10. The van der Waals surface area contributed by atoms with Crippen LogP contribution in [-0.2, 0) is 0 Å². The second-order valence-corrected chi connectivity index (χ2v) is 27.8. The molecule has 0 unspecified atom stereocenters. The number of ether oxygens (including phenoxy) is 3. The molecule has 6 aromatic heterocycles. The minimum Gasteiger partial charge on any atom is -0.504 e. The molecule has 17 aromatic rings. The van der Waals surface area contributed by atoms with Crippen LogP contribution in [0.15, 0.2) is 268 Å². The van der Waals surface area contributed by atoms with Gasteiger partial charge >= 0.3 is 0 Å². The maximum atomic E-state index is 14.5. The molecule has 0 radical (unpaired) electrons. The van der Waals surface area contributed by atoms with Gasteiger partial charge in [0, 0.05) is 34.0 Å². The predicted octanol–water partition coefficient (Wildman–Crippen LogP) is 19.8. The third-order valence-corrected chi connectivity index (χ3v) is 19.8. The van der Waals surface area contributed by atoms with Crippen molar-refractivity contribution >= 4 is 103 Å². The normalized spacial score (nSPS) is 11.4. The molecule has 608 valence electrons. The lowest BCUT2D eigenvalue weighted by molar-refractivity contribution is 0.304. The van der Waals surface area contributed by atoms with Crippen LogP contribution in [0.1, 0.15) is 81.8 Å². The SMILES string of the molecule is CCOc1cccc(/C=C/c2nc3ccccc3c(=O)n2-c2ccccc2C)c1O.CCOc1nccc(/C=C/c2nc3ccccc3c(=O)n2-c2c(F)cccc2F)c1O.COc1cccc(/C=C/c2nc3ccccc3c(=O)n2-c2c(F)cccc2F)c1O.Cc1cc2cccc(/C=C/c3nc4ccccc4c(=O)n3-c3c(C)cccc3C)c2[nH]1. The maximum Gasteiger partial charge on any atom is 0.266 e. The number of rotatable bonds is 17. The lowest BCUT2D eigenvalue weighted by Gasteiger charge is -2.16. The van der Waals surface area contributed by atoms with Crippen LogP contribution in [0.3, 0.4) is 0 Å². The highest BCUT2D eigenvalue weighted by Gasteiger charge is 2.23. The first-order valence-electron chi connectivity index (χ1n) is 38.7. The molecule has 0 spiro atoms. The number of benzene rings is 11. The number of para-hydroxylation sites is 11. The minimum atomic E-state index is -0.903. The zero-order chi connectivity index (χ0) is 85.8. The lowest BCUT2D eigenvalue weighted by Crippen LogP contribution is -2.24. The summed E-state index contributed by atoms with van der Waals surface area (Å²) in [5, 5.41) is 33.9. The van der Waals surface area contributed by atoms with Crippen LogP contribution in [0.4, 0.5) is 17.6 Å². The average Bonchev–Trinajstić information content (AvgIpc) is 1.45. The molecule has 11 aromatic carbocycles. The minimum absolute atomic E-state index is 0.00456. The summed E-state index contributed by atoms with van der Waals surface area (Å²) in [4.78, 5) is 79.0. The van der Waals surface area contributed by atoms with Crippen molar-refractivity contribution in [2.45, 2.75) is 41.5 Å². The van der Waals surface area contributed by atoms with Crippen molar-refractivity contribution in [3.05, 3.63) is 381 Å². The fourth-order valence-electron chi connectivity index (χ4n) is 14.0. The van der Waals surface area contributed by atoms with Crippen molar-refractivity contribution in [1.82, 2.24) is 48.2 Å². The summed E-state index contributed by atoms with van der Waals surface area (Å²) >= 11 is 0. The Hall–Kier alpha value is -15.9. The van der Waals surface area contributed by atoms with Crippen LogP contribution in [0.2, 0.25) is 0 Å². The van der Waals surface area contributed by atoms with Gasteiger partial charge in [-0.2, -0.15) is 0 Å². The van der Waals surface area contributed by atoms with E-state index in [9.17, 15) is 52.1 Å². The average molecular weight is 1630 g/mol. The van der Waals surface area contributed by atoms with Crippen LogP contribution in [-0.4, -0.2) is 83.8 Å². The summed E-state index contributed by atoms with van der Waals surface area (Å²) in [5.41, 5.74) is 8.85. The molecule has 4 N–H and O–H groups in total. The van der Waals surface area contributed by atoms with E-state index in [1.165, 1.54) is 67.3 Å². The fourth-order valence-corrected chi connectivity index (χ4v) is 14.0. The molecule has 0 bridgehead atoms. The van der Waals surface area contributed by atoms with Crippen LogP contribution in [0.5, 0.6) is 34.6 Å². The van der Waals surface area contributed by atoms with Gasteiger partial charge < -0.3 is 34.5 Å². The summed E-state index contributed by atoms with van der Waals surface area (Å²) in [5.74, 6) is -2.03. The number of aromatic amines is 1. The van der Waals surface area contributed by atoms with Crippen LogP contribution < -0.4 is 36.4 Å². The van der Waals surface area contributed by atoms with E-state index in [-0.39, 0.29) is 62.4 Å². The number of nitrogens with zero attached hydrogens (tertiary/aromatic N) is 9. The largest absolute Gasteiger partial charge is 0.504 e. The number of fused-ring (bicyclic) bond motifs is 5. The van der Waals surface area contributed by atoms with Gasteiger partial charge in [0.1, 0.15) is 57.9 Å². The smallest absolute Gasteiger partial charge is 0.266 e.